The van der Waals surface area contributed by atoms with Gasteiger partial charge in [0.2, 0.25) is 10.0 Å². The van der Waals surface area contributed by atoms with Crippen molar-refractivity contribution in [3.8, 4) is 0 Å². The number of anilines is 1. The molecular formula is C11H8Cl3N3O4S. The SMILES string of the molecule is CC1=NC(=O)NC(=O)C1S(=O)(=O)Nc1cc(Cl)c(Cl)cc1Cl. The number of nitrogens with zero attached hydrogens (tertiary/aromatic N) is 1. The lowest BCUT2D eigenvalue weighted by atomic mass is 10.2. The van der Waals surface area contributed by atoms with Crippen molar-refractivity contribution in [1.29, 1.82) is 0 Å². The summed E-state index contributed by atoms with van der Waals surface area (Å²) in [5.41, 5.74) is -0.203. The van der Waals surface area contributed by atoms with Crippen molar-refractivity contribution in [2.24, 2.45) is 4.99 Å². The van der Waals surface area contributed by atoms with Gasteiger partial charge in [0.15, 0.2) is 5.25 Å². The number of carbonyl (C=O) groups excluding carboxylic acids is 2. The first-order chi connectivity index (χ1) is 10.1. The molecule has 0 fully saturated rings. The molecule has 2 N–H and O–H groups in total. The fourth-order valence-electron chi connectivity index (χ4n) is 1.79. The summed E-state index contributed by atoms with van der Waals surface area (Å²) < 4.78 is 26.8. The topological polar surface area (TPSA) is 105 Å². The van der Waals surface area contributed by atoms with E-state index < -0.39 is 27.2 Å². The molecule has 11 heteroatoms. The van der Waals surface area contributed by atoms with Gasteiger partial charge in [0.25, 0.3) is 5.91 Å². The number of hydrogen-bond acceptors (Lipinski definition) is 4. The first-order valence-electron chi connectivity index (χ1n) is 5.68. The smallest absolute Gasteiger partial charge is 0.281 e. The second kappa shape index (κ2) is 6.04. The Morgan fingerprint density at radius 3 is 2.32 bits per heavy atom. The van der Waals surface area contributed by atoms with Crippen molar-refractivity contribution in [3.05, 3.63) is 27.2 Å². The molecule has 0 aliphatic carbocycles. The monoisotopic (exact) mass is 383 g/mol. The number of urea groups is 1. The molecule has 118 valence electrons. The van der Waals surface area contributed by atoms with Crippen LogP contribution in [-0.4, -0.2) is 31.3 Å². The predicted molar refractivity (Wildman–Crippen MR) is 84.5 cm³/mol. The van der Waals surface area contributed by atoms with Crippen molar-refractivity contribution < 1.29 is 18.0 Å². The van der Waals surface area contributed by atoms with Gasteiger partial charge >= 0.3 is 6.03 Å². The van der Waals surface area contributed by atoms with Crippen LogP contribution in [0, 0.1) is 0 Å². The molecule has 1 aromatic rings. The third kappa shape index (κ3) is 3.35. The van der Waals surface area contributed by atoms with E-state index in [0.717, 1.165) is 0 Å². The molecule has 7 nitrogen and oxygen atoms in total. The number of sulfonamides is 1. The van der Waals surface area contributed by atoms with Crippen LogP contribution in [0.15, 0.2) is 17.1 Å². The molecule has 1 atom stereocenters. The lowest BCUT2D eigenvalue weighted by molar-refractivity contribution is -0.118. The first-order valence-corrected chi connectivity index (χ1v) is 8.36. The molecular weight excluding hydrogens is 377 g/mol. The van der Waals surface area contributed by atoms with E-state index in [1.165, 1.54) is 19.1 Å². The zero-order chi connectivity index (χ0) is 16.7. The van der Waals surface area contributed by atoms with Crippen LogP contribution >= 0.6 is 34.8 Å². The van der Waals surface area contributed by atoms with Crippen molar-refractivity contribution in [3.63, 3.8) is 0 Å². The van der Waals surface area contributed by atoms with Crippen molar-refractivity contribution in [1.82, 2.24) is 5.32 Å². The van der Waals surface area contributed by atoms with Crippen LogP contribution in [0.4, 0.5) is 10.5 Å². The van der Waals surface area contributed by atoms with Crippen LogP contribution in [-0.2, 0) is 14.8 Å². The number of nitrogens with one attached hydrogen (secondary N) is 2. The van der Waals surface area contributed by atoms with Crippen molar-refractivity contribution in [2.75, 3.05) is 4.72 Å². The Kier molecular flexibility index (Phi) is 4.67. The maximum atomic E-state index is 12.3. The van der Waals surface area contributed by atoms with Gasteiger partial charge in [-0.05, 0) is 19.1 Å². The van der Waals surface area contributed by atoms with Crippen LogP contribution < -0.4 is 10.0 Å². The summed E-state index contributed by atoms with van der Waals surface area (Å²) in [5, 5.41) is 0.393. The molecule has 2 rings (SSSR count). The summed E-state index contributed by atoms with van der Waals surface area (Å²) in [5.74, 6) is -0.999. The number of carbonyl (C=O) groups is 2. The zero-order valence-corrected chi connectivity index (χ0v) is 13.9. The average Bonchev–Trinajstić information content (AvgIpc) is 2.33. The third-order valence-electron chi connectivity index (χ3n) is 2.70. The molecule has 1 aromatic carbocycles. The summed E-state index contributed by atoms with van der Waals surface area (Å²) in [4.78, 5) is 26.2. The molecule has 3 amide bonds. The summed E-state index contributed by atoms with van der Waals surface area (Å²) in [6.07, 6.45) is 0. The molecule has 1 aliphatic heterocycles. The third-order valence-corrected chi connectivity index (χ3v) is 5.41. The quantitative estimate of drug-likeness (QED) is 0.781. The van der Waals surface area contributed by atoms with Crippen LogP contribution in [0.3, 0.4) is 0 Å². The van der Waals surface area contributed by atoms with Crippen molar-refractivity contribution >= 4 is 68.2 Å². The van der Waals surface area contributed by atoms with E-state index in [9.17, 15) is 18.0 Å². The summed E-state index contributed by atoms with van der Waals surface area (Å²) >= 11 is 17.4. The fourth-order valence-corrected chi connectivity index (χ4v) is 3.87. The maximum Gasteiger partial charge on any atom is 0.347 e. The number of hydrogen-bond donors (Lipinski definition) is 2. The lowest BCUT2D eigenvalue weighted by Crippen LogP contribution is -2.51. The fraction of sp³-hybridized carbons (Fsp3) is 0.182. The molecule has 0 radical (unpaired) electrons. The molecule has 0 saturated carbocycles. The summed E-state index contributed by atoms with van der Waals surface area (Å²) in [6.45, 7) is 1.26. The van der Waals surface area contributed by atoms with Gasteiger partial charge in [0, 0.05) is 0 Å². The molecule has 22 heavy (non-hydrogen) atoms. The van der Waals surface area contributed by atoms with E-state index in [1.54, 1.807) is 0 Å². The minimum atomic E-state index is -4.24. The van der Waals surface area contributed by atoms with Crippen LogP contribution in [0.1, 0.15) is 6.92 Å². The minimum Gasteiger partial charge on any atom is -0.281 e. The summed E-state index contributed by atoms with van der Waals surface area (Å²) in [6, 6.07) is 1.55. The van der Waals surface area contributed by atoms with E-state index in [2.05, 4.69) is 9.71 Å². The summed E-state index contributed by atoms with van der Waals surface area (Å²) in [7, 11) is -4.24. The van der Waals surface area contributed by atoms with E-state index >= 15 is 0 Å². The molecule has 1 unspecified atom stereocenters. The first kappa shape index (κ1) is 17.0. The Morgan fingerprint density at radius 2 is 1.73 bits per heavy atom. The lowest BCUT2D eigenvalue weighted by Gasteiger charge is -2.21. The number of imide groups is 1. The number of benzene rings is 1. The minimum absolute atomic E-state index is 0.000129. The molecule has 0 spiro atoms. The number of halogens is 3. The Bertz CT molecular complexity index is 807. The van der Waals surface area contributed by atoms with Gasteiger partial charge in [0.1, 0.15) is 0 Å². The maximum absolute atomic E-state index is 12.3. The Morgan fingerprint density at radius 1 is 1.14 bits per heavy atom. The van der Waals surface area contributed by atoms with E-state index in [0.29, 0.717) is 0 Å². The zero-order valence-electron chi connectivity index (χ0n) is 10.9. The second-order valence-corrected chi connectivity index (χ2v) is 7.31. The molecule has 0 saturated heterocycles. The van der Waals surface area contributed by atoms with Gasteiger partial charge in [-0.25, -0.2) is 18.2 Å². The average molecular weight is 385 g/mol. The highest BCUT2D eigenvalue weighted by atomic mass is 35.5. The van der Waals surface area contributed by atoms with Crippen LogP contribution in [0.5, 0.6) is 0 Å². The molecule has 1 heterocycles. The van der Waals surface area contributed by atoms with E-state index in [1.807, 2.05) is 5.32 Å². The highest BCUT2D eigenvalue weighted by Gasteiger charge is 2.39. The highest BCUT2D eigenvalue weighted by molar-refractivity contribution is 7.94. The molecule has 0 aromatic heterocycles. The van der Waals surface area contributed by atoms with Gasteiger partial charge in [0.05, 0.1) is 26.5 Å². The molecule has 0 bridgehead atoms. The highest BCUT2D eigenvalue weighted by Crippen LogP contribution is 2.33. The predicted octanol–water partition coefficient (Wildman–Crippen LogP) is 2.47. The van der Waals surface area contributed by atoms with Crippen molar-refractivity contribution in [2.45, 2.75) is 12.2 Å². The number of aliphatic imine (C=N–C) groups is 1. The van der Waals surface area contributed by atoms with Gasteiger partial charge in [-0.2, -0.15) is 0 Å². The Labute approximate surface area is 140 Å². The number of amides is 3. The normalized spacial score (nSPS) is 18.7. The van der Waals surface area contributed by atoms with Gasteiger partial charge in [-0.3, -0.25) is 14.8 Å². The van der Waals surface area contributed by atoms with Gasteiger partial charge in [-0.15, -0.1) is 0 Å². The second-order valence-electron chi connectivity index (χ2n) is 4.32. The Balaban J connectivity index is 2.40. The van der Waals surface area contributed by atoms with Gasteiger partial charge in [-0.1, -0.05) is 34.8 Å². The standard InChI is InChI=1S/C11H8Cl3N3O4S/c1-4-9(10(18)16-11(19)15-4)22(20,21)17-8-3-6(13)5(12)2-7(8)14/h2-3,9,17H,1H3,(H,16,18,19). The Hall–Kier alpha value is -1.35. The van der Waals surface area contributed by atoms with Crippen LogP contribution in [0.2, 0.25) is 15.1 Å². The molecule has 1 aliphatic rings. The van der Waals surface area contributed by atoms with E-state index in [4.69, 9.17) is 34.8 Å². The number of rotatable bonds is 3. The van der Waals surface area contributed by atoms with Gasteiger partial charge < -0.3 is 0 Å². The van der Waals surface area contributed by atoms with Crippen LogP contribution in [0.25, 0.3) is 0 Å². The largest absolute Gasteiger partial charge is 0.347 e. The van der Waals surface area contributed by atoms with E-state index in [-0.39, 0.29) is 26.5 Å².